The van der Waals surface area contributed by atoms with E-state index in [2.05, 4.69) is 39.8 Å². The molecule has 1 aromatic heterocycles. The van der Waals surface area contributed by atoms with E-state index >= 15 is 0 Å². The molecular weight excluding hydrogens is 218 g/mol. The van der Waals surface area contributed by atoms with Crippen LogP contribution in [0.1, 0.15) is 32.6 Å². The lowest BCUT2D eigenvalue weighted by molar-refractivity contribution is 0.640. The molecule has 1 atom stereocenters. The van der Waals surface area contributed by atoms with E-state index in [1.54, 1.807) is 0 Å². The Balaban J connectivity index is 1.85. The van der Waals surface area contributed by atoms with Gasteiger partial charge in [0.05, 0.1) is 0 Å². The van der Waals surface area contributed by atoms with Crippen LogP contribution in [0.5, 0.6) is 0 Å². The van der Waals surface area contributed by atoms with Crippen LogP contribution in [0.4, 0.5) is 5.95 Å². The molecule has 16 heavy (non-hydrogen) atoms. The Morgan fingerprint density at radius 1 is 1.62 bits per heavy atom. The van der Waals surface area contributed by atoms with Crippen LogP contribution in [0.3, 0.4) is 0 Å². The summed E-state index contributed by atoms with van der Waals surface area (Å²) in [6.45, 7) is 4.35. The molecule has 0 saturated carbocycles. The highest BCUT2D eigenvalue weighted by Crippen LogP contribution is 2.28. The zero-order valence-electron chi connectivity index (χ0n) is 9.98. The summed E-state index contributed by atoms with van der Waals surface area (Å²) in [6, 6.07) is 0. The van der Waals surface area contributed by atoms with Crippen LogP contribution in [0.25, 0.3) is 0 Å². The largest absolute Gasteiger partial charge is 0.356 e. The minimum Gasteiger partial charge on any atom is -0.356 e. The van der Waals surface area contributed by atoms with Crippen molar-refractivity contribution in [3.8, 4) is 0 Å². The summed E-state index contributed by atoms with van der Waals surface area (Å²) < 4.78 is 2.26. The van der Waals surface area contributed by atoms with E-state index in [0.717, 1.165) is 24.3 Å². The average molecular weight is 239 g/mol. The van der Waals surface area contributed by atoms with Crippen LogP contribution in [0.15, 0.2) is 12.4 Å². The maximum Gasteiger partial charge on any atom is 0.202 e. The standard InChI is InChI=1S/C12H21N3S/c1-2-3-6-13-12-14-7-8-15(12)10-11-5-4-9-16-11/h7-8,11H,2-6,9-10H2,1H3,(H,13,14). The van der Waals surface area contributed by atoms with E-state index in [0.29, 0.717) is 0 Å². The molecule has 1 saturated heterocycles. The third-order valence-electron chi connectivity index (χ3n) is 2.95. The topological polar surface area (TPSA) is 29.9 Å². The fourth-order valence-corrected chi connectivity index (χ4v) is 3.27. The van der Waals surface area contributed by atoms with E-state index in [1.807, 2.05) is 6.20 Å². The number of thioether (sulfide) groups is 1. The van der Waals surface area contributed by atoms with Crippen molar-refractivity contribution in [2.45, 2.75) is 44.4 Å². The number of nitrogens with one attached hydrogen (secondary N) is 1. The van der Waals surface area contributed by atoms with Gasteiger partial charge in [0.25, 0.3) is 0 Å². The van der Waals surface area contributed by atoms with Gasteiger partial charge in [-0.05, 0) is 25.0 Å². The van der Waals surface area contributed by atoms with E-state index in [4.69, 9.17) is 0 Å². The molecule has 0 bridgehead atoms. The molecule has 1 N–H and O–H groups in total. The van der Waals surface area contributed by atoms with Gasteiger partial charge in [0.1, 0.15) is 0 Å². The highest BCUT2D eigenvalue weighted by molar-refractivity contribution is 8.00. The number of unbranched alkanes of at least 4 members (excludes halogenated alkanes) is 1. The van der Waals surface area contributed by atoms with Crippen LogP contribution < -0.4 is 5.32 Å². The molecule has 90 valence electrons. The normalized spacial score (nSPS) is 20.2. The van der Waals surface area contributed by atoms with Crippen molar-refractivity contribution in [1.82, 2.24) is 9.55 Å². The number of rotatable bonds is 6. The van der Waals surface area contributed by atoms with Gasteiger partial charge in [0.15, 0.2) is 0 Å². The van der Waals surface area contributed by atoms with E-state index in [9.17, 15) is 0 Å². The predicted molar refractivity (Wildman–Crippen MR) is 71.1 cm³/mol. The van der Waals surface area contributed by atoms with Gasteiger partial charge in [-0.15, -0.1) is 0 Å². The molecule has 0 radical (unpaired) electrons. The molecule has 1 aromatic rings. The Bertz CT molecular complexity index is 305. The van der Waals surface area contributed by atoms with E-state index in [1.165, 1.54) is 31.4 Å². The fourth-order valence-electron chi connectivity index (χ4n) is 2.01. The maximum atomic E-state index is 4.37. The molecule has 0 amide bonds. The first-order valence-electron chi connectivity index (χ1n) is 6.26. The van der Waals surface area contributed by atoms with Crippen molar-refractivity contribution < 1.29 is 0 Å². The second-order valence-electron chi connectivity index (χ2n) is 4.32. The Kier molecular flexibility index (Phi) is 4.57. The molecule has 1 unspecified atom stereocenters. The summed E-state index contributed by atoms with van der Waals surface area (Å²) in [6.07, 6.45) is 9.16. The zero-order valence-corrected chi connectivity index (χ0v) is 10.8. The van der Waals surface area contributed by atoms with Gasteiger partial charge in [-0.2, -0.15) is 11.8 Å². The van der Waals surface area contributed by atoms with Crippen molar-refractivity contribution in [2.75, 3.05) is 17.6 Å². The predicted octanol–water partition coefficient (Wildman–Crippen LogP) is 2.99. The van der Waals surface area contributed by atoms with Crippen LogP contribution >= 0.6 is 11.8 Å². The lowest BCUT2D eigenvalue weighted by Crippen LogP contribution is -2.13. The molecule has 1 fully saturated rings. The maximum absolute atomic E-state index is 4.37. The van der Waals surface area contributed by atoms with Gasteiger partial charge < -0.3 is 9.88 Å². The third-order valence-corrected chi connectivity index (χ3v) is 4.33. The number of anilines is 1. The minimum atomic E-state index is 0.793. The van der Waals surface area contributed by atoms with Crippen molar-refractivity contribution in [3.63, 3.8) is 0 Å². The molecule has 1 aliphatic rings. The van der Waals surface area contributed by atoms with Gasteiger partial charge in [-0.25, -0.2) is 4.98 Å². The summed E-state index contributed by atoms with van der Waals surface area (Å²) >= 11 is 2.10. The van der Waals surface area contributed by atoms with Crippen LogP contribution in [0, 0.1) is 0 Å². The molecule has 2 rings (SSSR count). The summed E-state index contributed by atoms with van der Waals surface area (Å²) in [4.78, 5) is 4.37. The van der Waals surface area contributed by atoms with Gasteiger partial charge >= 0.3 is 0 Å². The summed E-state index contributed by atoms with van der Waals surface area (Å²) in [5, 5.41) is 4.20. The van der Waals surface area contributed by atoms with Crippen LogP contribution in [-0.2, 0) is 6.54 Å². The van der Waals surface area contributed by atoms with E-state index < -0.39 is 0 Å². The summed E-state index contributed by atoms with van der Waals surface area (Å²) in [5.74, 6) is 2.37. The Labute approximate surface area is 102 Å². The first kappa shape index (κ1) is 11.8. The molecule has 2 heterocycles. The minimum absolute atomic E-state index is 0.793. The van der Waals surface area contributed by atoms with Crippen molar-refractivity contribution in [2.24, 2.45) is 0 Å². The molecule has 0 aromatic carbocycles. The SMILES string of the molecule is CCCCNc1nccn1CC1CCCS1. The second kappa shape index (κ2) is 6.18. The van der Waals surface area contributed by atoms with Gasteiger partial charge in [0, 0.05) is 30.7 Å². The summed E-state index contributed by atoms with van der Waals surface area (Å²) in [7, 11) is 0. The van der Waals surface area contributed by atoms with Crippen molar-refractivity contribution in [3.05, 3.63) is 12.4 Å². The Morgan fingerprint density at radius 2 is 2.56 bits per heavy atom. The Hall–Kier alpha value is -0.640. The van der Waals surface area contributed by atoms with Crippen LogP contribution in [-0.4, -0.2) is 27.1 Å². The zero-order chi connectivity index (χ0) is 11.2. The first-order valence-corrected chi connectivity index (χ1v) is 7.31. The Morgan fingerprint density at radius 3 is 3.31 bits per heavy atom. The third kappa shape index (κ3) is 3.17. The summed E-state index contributed by atoms with van der Waals surface area (Å²) in [5.41, 5.74) is 0. The number of aromatic nitrogens is 2. The average Bonchev–Trinajstić information content (AvgIpc) is 2.92. The highest BCUT2D eigenvalue weighted by Gasteiger charge is 2.16. The van der Waals surface area contributed by atoms with Crippen molar-refractivity contribution in [1.29, 1.82) is 0 Å². The van der Waals surface area contributed by atoms with Gasteiger partial charge in [-0.1, -0.05) is 13.3 Å². The molecule has 0 aliphatic carbocycles. The number of imidazole rings is 1. The second-order valence-corrected chi connectivity index (χ2v) is 5.73. The monoisotopic (exact) mass is 239 g/mol. The smallest absolute Gasteiger partial charge is 0.202 e. The lowest BCUT2D eigenvalue weighted by Gasteiger charge is -2.13. The first-order chi connectivity index (χ1) is 7.90. The molecule has 1 aliphatic heterocycles. The fraction of sp³-hybridized carbons (Fsp3) is 0.750. The number of nitrogens with zero attached hydrogens (tertiary/aromatic N) is 2. The van der Waals surface area contributed by atoms with E-state index in [-0.39, 0.29) is 0 Å². The molecular formula is C12H21N3S. The molecule has 4 heteroatoms. The van der Waals surface area contributed by atoms with Crippen LogP contribution in [0.2, 0.25) is 0 Å². The van der Waals surface area contributed by atoms with Gasteiger partial charge in [-0.3, -0.25) is 0 Å². The van der Waals surface area contributed by atoms with Crippen molar-refractivity contribution >= 4 is 17.7 Å². The highest BCUT2D eigenvalue weighted by atomic mass is 32.2. The lowest BCUT2D eigenvalue weighted by atomic mass is 10.2. The molecule has 0 spiro atoms. The van der Waals surface area contributed by atoms with Gasteiger partial charge in [0.2, 0.25) is 5.95 Å². The molecule has 3 nitrogen and oxygen atoms in total. The number of hydrogen-bond donors (Lipinski definition) is 1. The number of hydrogen-bond acceptors (Lipinski definition) is 3. The quantitative estimate of drug-likeness (QED) is 0.774.